The molecule has 6 heteroatoms. The number of aryl methyl sites for hydroxylation is 3. The zero-order chi connectivity index (χ0) is 25.0. The van der Waals surface area contributed by atoms with Crippen LogP contribution in [-0.4, -0.2) is 29.4 Å². The molecule has 186 valence electrons. The van der Waals surface area contributed by atoms with Crippen molar-refractivity contribution < 1.29 is 19.0 Å². The van der Waals surface area contributed by atoms with E-state index in [0.717, 1.165) is 61.0 Å². The molecule has 1 amide bonds. The normalized spacial score (nSPS) is 21.8. The number of carbonyl (C=O) groups excluding carboxylic acids is 1. The van der Waals surface area contributed by atoms with Crippen molar-refractivity contribution in [3.05, 3.63) is 70.5 Å². The van der Waals surface area contributed by atoms with Gasteiger partial charge < -0.3 is 19.5 Å². The third kappa shape index (κ3) is 5.60. The smallest absolute Gasteiger partial charge is 0.363 e. The van der Waals surface area contributed by atoms with Crippen LogP contribution in [0.25, 0.3) is 5.57 Å². The third-order valence-corrected chi connectivity index (χ3v) is 7.02. The Morgan fingerprint density at radius 2 is 1.83 bits per heavy atom. The minimum absolute atomic E-state index is 0.0176. The van der Waals surface area contributed by atoms with Gasteiger partial charge in [0.15, 0.2) is 0 Å². The number of hydrogen-bond donors (Lipinski definition) is 1. The Morgan fingerprint density at radius 3 is 2.51 bits per heavy atom. The predicted octanol–water partition coefficient (Wildman–Crippen LogP) is 6.33. The molecule has 2 aromatic carbocycles. The van der Waals surface area contributed by atoms with E-state index in [0.29, 0.717) is 23.5 Å². The molecule has 0 aromatic heterocycles. The van der Waals surface area contributed by atoms with Crippen LogP contribution in [-0.2, 0) is 14.3 Å². The fourth-order valence-electron chi connectivity index (χ4n) is 5.40. The molecule has 1 N–H and O–H groups in total. The molecule has 2 aromatic rings. The van der Waals surface area contributed by atoms with Crippen LogP contribution in [0.1, 0.15) is 67.7 Å². The molecule has 1 fully saturated rings. The van der Waals surface area contributed by atoms with Gasteiger partial charge in [-0.3, -0.25) is 4.79 Å². The van der Waals surface area contributed by atoms with Crippen LogP contribution < -0.4 is 10.1 Å². The first-order chi connectivity index (χ1) is 16.8. The number of carbonyl (C=O) groups is 1. The summed E-state index contributed by atoms with van der Waals surface area (Å²) < 4.78 is 18.3. The number of unbranched alkanes of at least 4 members (excludes halogenated alkanes) is 1. The Morgan fingerprint density at radius 1 is 1.11 bits per heavy atom. The molecule has 0 radical (unpaired) electrons. The Bertz CT molecular complexity index is 1100. The number of thiocarbonyl (C=S) groups is 1. The summed E-state index contributed by atoms with van der Waals surface area (Å²) in [5, 5.41) is 3.28. The molecule has 5 nitrogen and oxygen atoms in total. The van der Waals surface area contributed by atoms with Crippen molar-refractivity contribution in [3.8, 4) is 5.75 Å². The van der Waals surface area contributed by atoms with Crippen LogP contribution >= 0.6 is 12.2 Å². The van der Waals surface area contributed by atoms with E-state index in [2.05, 4.69) is 31.3 Å². The lowest BCUT2D eigenvalue weighted by atomic mass is 9.78. The monoisotopic (exact) mass is 493 g/mol. The average molecular weight is 494 g/mol. The Labute approximate surface area is 213 Å². The number of benzene rings is 2. The van der Waals surface area contributed by atoms with Gasteiger partial charge in [-0.25, -0.2) is 0 Å². The molecule has 2 aliphatic rings. The SMILES string of the molecule is CCCCO[C@H]1CCC[C@@]2(C1)NC(=O)C(c1c(C)cc(C)cc1C)=C2OC(=S)Oc1ccccc1. The van der Waals surface area contributed by atoms with Gasteiger partial charge in [0.05, 0.1) is 11.7 Å². The summed E-state index contributed by atoms with van der Waals surface area (Å²) in [6.07, 6.45) is 5.48. The molecule has 1 aliphatic carbocycles. The highest BCUT2D eigenvalue weighted by atomic mass is 32.1. The molecule has 0 saturated heterocycles. The van der Waals surface area contributed by atoms with Crippen molar-refractivity contribution in [3.63, 3.8) is 0 Å². The van der Waals surface area contributed by atoms with E-state index in [9.17, 15) is 4.79 Å². The maximum Gasteiger partial charge on any atom is 0.363 e. The second-order valence-electron chi connectivity index (χ2n) is 9.72. The van der Waals surface area contributed by atoms with Crippen LogP contribution in [0.5, 0.6) is 5.75 Å². The highest BCUT2D eigenvalue weighted by Gasteiger charge is 2.51. The zero-order valence-electron chi connectivity index (χ0n) is 21.1. The fraction of sp³-hybridized carbons (Fsp3) is 0.448. The Hall–Kier alpha value is -2.70. The van der Waals surface area contributed by atoms with Crippen molar-refractivity contribution in [2.45, 2.75) is 77.9 Å². The quantitative estimate of drug-likeness (QED) is 0.361. The standard InChI is InChI=1S/C29H35NO4S/c1-5-6-15-32-23-13-10-14-29(18-23)26(34-28(35)33-22-11-8-7-9-12-22)25(27(31)30-29)24-20(3)16-19(2)17-21(24)4/h7-9,11-12,16-17,23H,5-6,10,13-15,18H2,1-4H3,(H,30,31)/t23-,29-/m0/s1. The first-order valence-corrected chi connectivity index (χ1v) is 13.0. The summed E-state index contributed by atoms with van der Waals surface area (Å²) in [4.78, 5) is 13.6. The van der Waals surface area contributed by atoms with Gasteiger partial charge in [0.25, 0.3) is 5.91 Å². The van der Waals surface area contributed by atoms with E-state index in [4.69, 9.17) is 26.4 Å². The summed E-state index contributed by atoms with van der Waals surface area (Å²) in [5.41, 5.74) is 4.00. The maximum absolute atomic E-state index is 13.6. The highest BCUT2D eigenvalue weighted by molar-refractivity contribution is 7.79. The highest BCUT2D eigenvalue weighted by Crippen LogP contribution is 2.45. The van der Waals surface area contributed by atoms with Crippen LogP contribution in [0.2, 0.25) is 0 Å². The number of hydrogen-bond acceptors (Lipinski definition) is 5. The summed E-state index contributed by atoms with van der Waals surface area (Å²) >= 11 is 5.52. The predicted molar refractivity (Wildman–Crippen MR) is 142 cm³/mol. The van der Waals surface area contributed by atoms with Crippen molar-refractivity contribution in [1.29, 1.82) is 0 Å². The first kappa shape index (κ1) is 25.4. The fourth-order valence-corrected chi connectivity index (χ4v) is 5.58. The van der Waals surface area contributed by atoms with Crippen molar-refractivity contribution in [1.82, 2.24) is 5.32 Å². The lowest BCUT2D eigenvalue weighted by Gasteiger charge is -2.39. The molecule has 1 heterocycles. The van der Waals surface area contributed by atoms with Crippen molar-refractivity contribution in [2.24, 2.45) is 0 Å². The first-order valence-electron chi connectivity index (χ1n) is 12.5. The number of nitrogens with one attached hydrogen (secondary N) is 1. The molecule has 1 spiro atoms. The summed E-state index contributed by atoms with van der Waals surface area (Å²) in [7, 11) is 0. The molecule has 0 bridgehead atoms. The summed E-state index contributed by atoms with van der Waals surface area (Å²) in [6, 6.07) is 13.5. The van der Waals surface area contributed by atoms with Gasteiger partial charge in [-0.05, 0) is 75.3 Å². The van der Waals surface area contributed by atoms with E-state index >= 15 is 0 Å². The molecule has 0 unspecified atom stereocenters. The lowest BCUT2D eigenvalue weighted by Crippen LogP contribution is -2.50. The average Bonchev–Trinajstić information content (AvgIpc) is 3.04. The van der Waals surface area contributed by atoms with Gasteiger partial charge in [0.2, 0.25) is 0 Å². The van der Waals surface area contributed by atoms with Gasteiger partial charge in [0.1, 0.15) is 17.0 Å². The second kappa shape index (κ2) is 10.9. The largest absolute Gasteiger partial charge is 0.418 e. The Kier molecular flexibility index (Phi) is 7.92. The molecule has 1 aliphatic heterocycles. The Balaban J connectivity index is 1.74. The topological polar surface area (TPSA) is 56.8 Å². The van der Waals surface area contributed by atoms with Crippen LogP contribution in [0.4, 0.5) is 0 Å². The van der Waals surface area contributed by atoms with Gasteiger partial charge in [-0.1, -0.05) is 49.2 Å². The van der Waals surface area contributed by atoms with E-state index in [1.54, 1.807) is 0 Å². The number of ether oxygens (including phenoxy) is 3. The minimum Gasteiger partial charge on any atom is -0.418 e. The van der Waals surface area contributed by atoms with Crippen molar-refractivity contribution in [2.75, 3.05) is 6.61 Å². The van der Waals surface area contributed by atoms with Gasteiger partial charge in [-0.2, -0.15) is 0 Å². The number of amides is 1. The number of para-hydroxylation sites is 1. The summed E-state index contributed by atoms with van der Waals surface area (Å²) in [5.74, 6) is 1.02. The van der Waals surface area contributed by atoms with Gasteiger partial charge in [0, 0.05) is 25.2 Å². The number of rotatable bonds is 7. The van der Waals surface area contributed by atoms with E-state index in [1.807, 2.05) is 44.2 Å². The zero-order valence-corrected chi connectivity index (χ0v) is 21.9. The minimum atomic E-state index is -0.671. The molecule has 4 rings (SSSR count). The molecular formula is C29H35NO4S. The maximum atomic E-state index is 13.6. The second-order valence-corrected chi connectivity index (χ2v) is 10.1. The molecule has 2 atom stereocenters. The molecule has 1 saturated carbocycles. The lowest BCUT2D eigenvalue weighted by molar-refractivity contribution is -0.117. The van der Waals surface area contributed by atoms with E-state index < -0.39 is 5.54 Å². The molecule has 35 heavy (non-hydrogen) atoms. The van der Waals surface area contributed by atoms with E-state index in [-0.39, 0.29) is 17.2 Å². The van der Waals surface area contributed by atoms with Crippen LogP contribution in [0, 0.1) is 20.8 Å². The van der Waals surface area contributed by atoms with Gasteiger partial charge >= 0.3 is 5.24 Å². The van der Waals surface area contributed by atoms with Crippen LogP contribution in [0.15, 0.2) is 48.2 Å². The molecular weight excluding hydrogens is 458 g/mol. The van der Waals surface area contributed by atoms with Crippen LogP contribution in [0.3, 0.4) is 0 Å². The summed E-state index contributed by atoms with van der Waals surface area (Å²) in [6.45, 7) is 9.02. The van der Waals surface area contributed by atoms with E-state index in [1.165, 1.54) is 0 Å². The van der Waals surface area contributed by atoms with Crippen molar-refractivity contribution >= 4 is 28.9 Å². The third-order valence-electron chi connectivity index (χ3n) is 6.86. The van der Waals surface area contributed by atoms with Gasteiger partial charge in [-0.15, -0.1) is 0 Å².